The fourth-order valence-electron chi connectivity index (χ4n) is 2.02. The molecular formula is C15H17N3O3. The number of pyridine rings is 1. The first-order valence-corrected chi connectivity index (χ1v) is 6.60. The summed E-state index contributed by atoms with van der Waals surface area (Å²) in [6, 6.07) is 8.63. The number of hydrogen-bond acceptors (Lipinski definition) is 5. The van der Waals surface area contributed by atoms with Crippen LogP contribution >= 0.6 is 0 Å². The Balaban J connectivity index is 1.92. The maximum atomic E-state index is 10.9. The average Bonchev–Trinajstić information content (AvgIpc) is 2.49. The summed E-state index contributed by atoms with van der Waals surface area (Å²) in [4.78, 5) is 14.4. The summed E-state index contributed by atoms with van der Waals surface area (Å²) in [5.74, 6) is 0. The summed E-state index contributed by atoms with van der Waals surface area (Å²) in [5, 5.41) is 24.0. The molecule has 2 aromatic rings. The molecular weight excluding hydrogens is 270 g/mol. The molecule has 2 N–H and O–H groups in total. The maximum Gasteiger partial charge on any atom is 0.272 e. The number of rotatable bonds is 6. The third-order valence-corrected chi connectivity index (χ3v) is 3.23. The Hall–Kier alpha value is -2.31. The summed E-state index contributed by atoms with van der Waals surface area (Å²) < 4.78 is 0. The van der Waals surface area contributed by atoms with E-state index in [0.717, 1.165) is 11.1 Å². The van der Waals surface area contributed by atoms with Crippen LogP contribution in [0.4, 0.5) is 5.69 Å². The molecule has 1 aromatic carbocycles. The Kier molecular flexibility index (Phi) is 4.97. The molecule has 110 valence electrons. The number of nitro benzene ring substituents is 1. The van der Waals surface area contributed by atoms with E-state index in [4.69, 9.17) is 0 Å². The van der Waals surface area contributed by atoms with Crippen LogP contribution in [-0.2, 0) is 6.54 Å². The van der Waals surface area contributed by atoms with Gasteiger partial charge in [-0.2, -0.15) is 0 Å². The van der Waals surface area contributed by atoms with Crippen molar-refractivity contribution in [2.45, 2.75) is 19.6 Å². The lowest BCUT2D eigenvalue weighted by Crippen LogP contribution is -2.21. The van der Waals surface area contributed by atoms with Crippen molar-refractivity contribution in [2.24, 2.45) is 0 Å². The minimum Gasteiger partial charge on any atom is -0.387 e. The Morgan fingerprint density at radius 2 is 2.05 bits per heavy atom. The Bertz CT molecular complexity index is 617. The van der Waals surface area contributed by atoms with E-state index in [-0.39, 0.29) is 10.6 Å². The third kappa shape index (κ3) is 4.08. The first-order chi connectivity index (χ1) is 10.1. The van der Waals surface area contributed by atoms with Gasteiger partial charge in [-0.25, -0.2) is 0 Å². The Labute approximate surface area is 122 Å². The van der Waals surface area contributed by atoms with Crippen molar-refractivity contribution in [1.82, 2.24) is 10.3 Å². The van der Waals surface area contributed by atoms with Gasteiger partial charge < -0.3 is 10.4 Å². The lowest BCUT2D eigenvalue weighted by molar-refractivity contribution is -0.385. The summed E-state index contributed by atoms with van der Waals surface area (Å²) in [7, 11) is 0. The molecule has 21 heavy (non-hydrogen) atoms. The van der Waals surface area contributed by atoms with Crippen LogP contribution in [0, 0.1) is 17.0 Å². The lowest BCUT2D eigenvalue weighted by Gasteiger charge is -2.12. The maximum absolute atomic E-state index is 10.9. The predicted octanol–water partition coefficient (Wildman–Crippen LogP) is 2.12. The van der Waals surface area contributed by atoms with E-state index in [1.165, 1.54) is 0 Å². The highest BCUT2D eigenvalue weighted by molar-refractivity contribution is 5.42. The van der Waals surface area contributed by atoms with Crippen LogP contribution in [0.15, 0.2) is 42.7 Å². The quantitative estimate of drug-likeness (QED) is 0.627. The standard InChI is InChI=1S/C15H17N3O3/c1-11-2-3-12(8-14(11)18(20)21)9-17-10-15(19)13-4-6-16-7-5-13/h2-8,15,17,19H,9-10H2,1H3. The molecule has 0 radical (unpaired) electrons. The number of aliphatic hydroxyl groups excluding tert-OH is 1. The van der Waals surface area contributed by atoms with Crippen LogP contribution in [0.5, 0.6) is 0 Å². The first-order valence-electron chi connectivity index (χ1n) is 6.60. The van der Waals surface area contributed by atoms with Gasteiger partial charge in [0.15, 0.2) is 0 Å². The minimum absolute atomic E-state index is 0.115. The Morgan fingerprint density at radius 1 is 1.33 bits per heavy atom. The highest BCUT2D eigenvalue weighted by Gasteiger charge is 2.11. The molecule has 6 heteroatoms. The fourth-order valence-corrected chi connectivity index (χ4v) is 2.02. The predicted molar refractivity (Wildman–Crippen MR) is 78.7 cm³/mol. The van der Waals surface area contributed by atoms with Crippen molar-refractivity contribution in [3.63, 3.8) is 0 Å². The van der Waals surface area contributed by atoms with Crippen molar-refractivity contribution in [2.75, 3.05) is 6.54 Å². The van der Waals surface area contributed by atoms with Crippen LogP contribution in [0.3, 0.4) is 0 Å². The second kappa shape index (κ2) is 6.92. The zero-order valence-corrected chi connectivity index (χ0v) is 11.7. The number of aryl methyl sites for hydroxylation is 1. The van der Waals surface area contributed by atoms with Gasteiger partial charge in [0.1, 0.15) is 0 Å². The van der Waals surface area contributed by atoms with Crippen LogP contribution in [-0.4, -0.2) is 21.6 Å². The van der Waals surface area contributed by atoms with Gasteiger partial charge in [0.05, 0.1) is 11.0 Å². The number of nitrogens with zero attached hydrogens (tertiary/aromatic N) is 2. The average molecular weight is 287 g/mol. The molecule has 0 bridgehead atoms. The molecule has 1 atom stereocenters. The third-order valence-electron chi connectivity index (χ3n) is 3.23. The molecule has 0 spiro atoms. The van der Waals surface area contributed by atoms with Gasteiger partial charge in [0, 0.05) is 37.1 Å². The minimum atomic E-state index is -0.631. The molecule has 0 aliphatic rings. The van der Waals surface area contributed by atoms with E-state index in [1.807, 2.05) is 6.07 Å². The van der Waals surface area contributed by atoms with Gasteiger partial charge in [-0.3, -0.25) is 15.1 Å². The molecule has 0 saturated carbocycles. The Morgan fingerprint density at radius 3 is 2.71 bits per heavy atom. The number of benzene rings is 1. The molecule has 0 aliphatic heterocycles. The molecule has 0 fully saturated rings. The second-order valence-corrected chi connectivity index (χ2v) is 4.81. The van der Waals surface area contributed by atoms with Gasteiger partial charge in [0.25, 0.3) is 5.69 Å². The molecule has 6 nitrogen and oxygen atoms in total. The zero-order valence-electron chi connectivity index (χ0n) is 11.7. The molecule has 1 heterocycles. The van der Waals surface area contributed by atoms with E-state index in [0.29, 0.717) is 18.7 Å². The summed E-state index contributed by atoms with van der Waals surface area (Å²) in [5.41, 5.74) is 2.35. The molecule has 0 saturated heterocycles. The number of aliphatic hydroxyl groups is 1. The molecule has 0 amide bonds. The van der Waals surface area contributed by atoms with E-state index >= 15 is 0 Å². The fraction of sp³-hybridized carbons (Fsp3) is 0.267. The van der Waals surface area contributed by atoms with Gasteiger partial charge in [-0.05, 0) is 30.2 Å². The van der Waals surface area contributed by atoms with Crippen LogP contribution in [0.2, 0.25) is 0 Å². The molecule has 1 aromatic heterocycles. The highest BCUT2D eigenvalue weighted by Crippen LogP contribution is 2.19. The molecule has 2 rings (SSSR count). The summed E-state index contributed by atoms with van der Waals surface area (Å²) in [6.45, 7) is 2.54. The second-order valence-electron chi connectivity index (χ2n) is 4.81. The lowest BCUT2D eigenvalue weighted by atomic mass is 10.1. The van der Waals surface area contributed by atoms with Crippen LogP contribution < -0.4 is 5.32 Å². The van der Waals surface area contributed by atoms with Gasteiger partial charge >= 0.3 is 0 Å². The van der Waals surface area contributed by atoms with Crippen molar-refractivity contribution in [3.8, 4) is 0 Å². The topological polar surface area (TPSA) is 88.3 Å². The normalized spacial score (nSPS) is 12.1. The molecule has 1 unspecified atom stereocenters. The zero-order chi connectivity index (χ0) is 15.2. The largest absolute Gasteiger partial charge is 0.387 e. The van der Waals surface area contributed by atoms with Crippen LogP contribution in [0.25, 0.3) is 0 Å². The number of nitrogens with one attached hydrogen (secondary N) is 1. The SMILES string of the molecule is Cc1ccc(CNCC(O)c2ccncc2)cc1[N+](=O)[O-]. The number of hydrogen-bond donors (Lipinski definition) is 2. The van der Waals surface area contributed by atoms with Gasteiger partial charge in [-0.1, -0.05) is 12.1 Å². The van der Waals surface area contributed by atoms with Crippen molar-refractivity contribution < 1.29 is 10.0 Å². The van der Waals surface area contributed by atoms with E-state index in [1.54, 1.807) is 43.6 Å². The van der Waals surface area contributed by atoms with Gasteiger partial charge in [-0.15, -0.1) is 0 Å². The smallest absolute Gasteiger partial charge is 0.272 e. The monoisotopic (exact) mass is 287 g/mol. The molecule has 0 aliphatic carbocycles. The van der Waals surface area contributed by atoms with E-state index in [9.17, 15) is 15.2 Å². The van der Waals surface area contributed by atoms with E-state index in [2.05, 4.69) is 10.3 Å². The van der Waals surface area contributed by atoms with Crippen LogP contribution in [0.1, 0.15) is 22.8 Å². The van der Waals surface area contributed by atoms with Crippen molar-refractivity contribution in [1.29, 1.82) is 0 Å². The number of nitro groups is 1. The summed E-state index contributed by atoms with van der Waals surface area (Å²) in [6.07, 6.45) is 2.62. The highest BCUT2D eigenvalue weighted by atomic mass is 16.6. The van der Waals surface area contributed by atoms with Gasteiger partial charge in [0.2, 0.25) is 0 Å². The van der Waals surface area contributed by atoms with Crippen molar-refractivity contribution >= 4 is 5.69 Å². The van der Waals surface area contributed by atoms with Crippen molar-refractivity contribution in [3.05, 3.63) is 69.5 Å². The number of aromatic nitrogens is 1. The van der Waals surface area contributed by atoms with E-state index < -0.39 is 6.10 Å². The first kappa shape index (κ1) is 15.1. The summed E-state index contributed by atoms with van der Waals surface area (Å²) >= 11 is 0.